The van der Waals surface area contributed by atoms with E-state index in [9.17, 15) is 4.79 Å². The molecule has 2 rings (SSSR count). The topological polar surface area (TPSA) is 64.7 Å². The molecule has 0 aliphatic carbocycles. The Morgan fingerprint density at radius 2 is 2.18 bits per heavy atom. The maximum Gasteiger partial charge on any atom is 0.224 e. The van der Waals surface area contributed by atoms with Crippen molar-refractivity contribution in [2.75, 3.05) is 0 Å². The van der Waals surface area contributed by atoms with Crippen molar-refractivity contribution in [3.05, 3.63) is 34.4 Å². The molecule has 1 unspecified atom stereocenters. The van der Waals surface area contributed by atoms with E-state index in [4.69, 9.17) is 11.6 Å². The number of halogens is 1. The van der Waals surface area contributed by atoms with E-state index >= 15 is 0 Å². The monoisotopic (exact) mass is 323 g/mol. The van der Waals surface area contributed by atoms with E-state index in [0.29, 0.717) is 18.1 Å². The van der Waals surface area contributed by atoms with E-state index in [1.807, 2.05) is 38.6 Å². The van der Waals surface area contributed by atoms with Gasteiger partial charge in [-0.05, 0) is 20.8 Å². The van der Waals surface area contributed by atoms with Crippen LogP contribution in [0.1, 0.15) is 30.8 Å². The molecule has 2 aromatic heterocycles. The van der Waals surface area contributed by atoms with Gasteiger partial charge in [-0.25, -0.2) is 0 Å². The molecule has 0 saturated carbocycles. The highest BCUT2D eigenvalue weighted by Gasteiger charge is 2.17. The molecule has 0 aromatic carbocycles. The summed E-state index contributed by atoms with van der Waals surface area (Å²) in [5.41, 5.74) is 2.68. The number of hydrogen-bond acceptors (Lipinski definition) is 3. The third-order valence-electron chi connectivity index (χ3n) is 3.67. The molecule has 0 saturated heterocycles. The minimum Gasteiger partial charge on any atom is -0.352 e. The van der Waals surface area contributed by atoms with Crippen LogP contribution in [-0.4, -0.2) is 25.5 Å². The largest absolute Gasteiger partial charge is 0.352 e. The third-order valence-corrected chi connectivity index (χ3v) is 4.21. The highest BCUT2D eigenvalue weighted by molar-refractivity contribution is 6.31. The molecule has 22 heavy (non-hydrogen) atoms. The lowest BCUT2D eigenvalue weighted by Gasteiger charge is -2.13. The predicted molar refractivity (Wildman–Crippen MR) is 85.6 cm³/mol. The Balaban J connectivity index is 1.90. The first-order valence-corrected chi connectivity index (χ1v) is 7.78. The van der Waals surface area contributed by atoms with Crippen LogP contribution in [-0.2, 0) is 24.4 Å². The van der Waals surface area contributed by atoms with Crippen molar-refractivity contribution in [3.63, 3.8) is 0 Å². The molecule has 2 aromatic rings. The fourth-order valence-electron chi connectivity index (χ4n) is 2.23. The zero-order valence-electron chi connectivity index (χ0n) is 13.4. The maximum absolute atomic E-state index is 12.2. The van der Waals surface area contributed by atoms with E-state index in [2.05, 4.69) is 15.5 Å². The SMILES string of the molecule is CCn1cc(CNC(=O)C(C)Cn2nc(C)c(Cl)c2C)cn1. The van der Waals surface area contributed by atoms with Crippen LogP contribution in [0.3, 0.4) is 0 Å². The van der Waals surface area contributed by atoms with Gasteiger partial charge in [0.1, 0.15) is 0 Å². The number of nitrogens with one attached hydrogen (secondary N) is 1. The molecule has 120 valence electrons. The highest BCUT2D eigenvalue weighted by Crippen LogP contribution is 2.19. The summed E-state index contributed by atoms with van der Waals surface area (Å²) in [6.07, 6.45) is 3.71. The van der Waals surface area contributed by atoms with Gasteiger partial charge in [0, 0.05) is 24.8 Å². The third kappa shape index (κ3) is 3.68. The summed E-state index contributed by atoms with van der Waals surface area (Å²) in [4.78, 5) is 12.2. The normalized spacial score (nSPS) is 12.4. The molecule has 0 spiro atoms. The smallest absolute Gasteiger partial charge is 0.224 e. The Kier molecular flexibility index (Phi) is 5.24. The van der Waals surface area contributed by atoms with Gasteiger partial charge in [0.25, 0.3) is 0 Å². The minimum atomic E-state index is -0.185. The molecule has 6 nitrogen and oxygen atoms in total. The van der Waals surface area contributed by atoms with E-state index in [-0.39, 0.29) is 11.8 Å². The number of aromatic nitrogens is 4. The van der Waals surface area contributed by atoms with Gasteiger partial charge in [-0.15, -0.1) is 0 Å². The highest BCUT2D eigenvalue weighted by atomic mass is 35.5. The van der Waals surface area contributed by atoms with Crippen molar-refractivity contribution in [1.29, 1.82) is 0 Å². The zero-order chi connectivity index (χ0) is 16.3. The van der Waals surface area contributed by atoms with Gasteiger partial charge in [-0.3, -0.25) is 14.2 Å². The molecule has 0 aliphatic rings. The van der Waals surface area contributed by atoms with Gasteiger partial charge in [-0.2, -0.15) is 10.2 Å². The fourth-order valence-corrected chi connectivity index (χ4v) is 2.36. The first kappa shape index (κ1) is 16.5. The molecule has 1 N–H and O–H groups in total. The molecule has 1 amide bonds. The Morgan fingerprint density at radius 1 is 1.45 bits per heavy atom. The van der Waals surface area contributed by atoms with Crippen LogP contribution in [0.5, 0.6) is 0 Å². The van der Waals surface area contributed by atoms with Gasteiger partial charge in [0.2, 0.25) is 5.91 Å². The van der Waals surface area contributed by atoms with Crippen LogP contribution < -0.4 is 5.32 Å². The number of amides is 1. The Labute approximate surface area is 135 Å². The van der Waals surface area contributed by atoms with E-state index in [1.54, 1.807) is 10.9 Å². The second-order valence-electron chi connectivity index (χ2n) is 5.49. The Morgan fingerprint density at radius 3 is 2.73 bits per heavy atom. The van der Waals surface area contributed by atoms with Crippen molar-refractivity contribution < 1.29 is 4.79 Å². The van der Waals surface area contributed by atoms with Crippen LogP contribution in [0, 0.1) is 19.8 Å². The molecule has 0 bridgehead atoms. The van der Waals surface area contributed by atoms with Gasteiger partial charge in [0.15, 0.2) is 0 Å². The fraction of sp³-hybridized carbons (Fsp3) is 0.533. The molecular formula is C15H22ClN5O. The summed E-state index contributed by atoms with van der Waals surface area (Å²) in [7, 11) is 0. The van der Waals surface area contributed by atoms with Gasteiger partial charge >= 0.3 is 0 Å². The average molecular weight is 324 g/mol. The summed E-state index contributed by atoms with van der Waals surface area (Å²) in [5.74, 6) is -0.191. The second kappa shape index (κ2) is 6.96. The van der Waals surface area contributed by atoms with Gasteiger partial charge < -0.3 is 5.32 Å². The molecule has 7 heteroatoms. The molecule has 2 heterocycles. The van der Waals surface area contributed by atoms with Crippen molar-refractivity contribution in [2.45, 2.75) is 47.3 Å². The molecule has 0 aliphatic heterocycles. The number of carbonyl (C=O) groups excluding carboxylic acids is 1. The van der Waals surface area contributed by atoms with Crippen LogP contribution in [0.2, 0.25) is 5.02 Å². The lowest BCUT2D eigenvalue weighted by atomic mass is 10.1. The molecule has 0 radical (unpaired) electrons. The van der Waals surface area contributed by atoms with Crippen LogP contribution in [0.4, 0.5) is 0 Å². The van der Waals surface area contributed by atoms with Crippen LogP contribution in [0.15, 0.2) is 12.4 Å². The Bertz CT molecular complexity index is 661. The molecule has 1 atom stereocenters. The minimum absolute atomic E-state index is 0.00655. The summed E-state index contributed by atoms with van der Waals surface area (Å²) in [6, 6.07) is 0. The average Bonchev–Trinajstić information content (AvgIpc) is 3.06. The zero-order valence-corrected chi connectivity index (χ0v) is 14.2. The lowest BCUT2D eigenvalue weighted by Crippen LogP contribution is -2.31. The number of nitrogens with zero attached hydrogens (tertiary/aromatic N) is 4. The summed E-state index contributed by atoms with van der Waals surface area (Å²) >= 11 is 6.13. The summed E-state index contributed by atoms with van der Waals surface area (Å²) < 4.78 is 3.62. The Hall–Kier alpha value is -1.82. The summed E-state index contributed by atoms with van der Waals surface area (Å²) in [5, 5.41) is 12.1. The summed E-state index contributed by atoms with van der Waals surface area (Å²) in [6.45, 7) is 9.50. The van der Waals surface area contributed by atoms with E-state index in [0.717, 1.165) is 23.5 Å². The van der Waals surface area contributed by atoms with Crippen molar-refractivity contribution in [3.8, 4) is 0 Å². The number of carbonyl (C=O) groups is 1. The van der Waals surface area contributed by atoms with Crippen molar-refractivity contribution in [1.82, 2.24) is 24.9 Å². The first-order valence-electron chi connectivity index (χ1n) is 7.41. The number of hydrogen-bond donors (Lipinski definition) is 1. The van der Waals surface area contributed by atoms with Gasteiger partial charge in [-0.1, -0.05) is 18.5 Å². The number of aryl methyl sites for hydroxylation is 2. The predicted octanol–water partition coefficient (Wildman–Crippen LogP) is 2.32. The van der Waals surface area contributed by atoms with E-state index < -0.39 is 0 Å². The molecule has 0 fully saturated rings. The first-order chi connectivity index (χ1) is 10.4. The van der Waals surface area contributed by atoms with Crippen LogP contribution in [0.25, 0.3) is 0 Å². The standard InChI is InChI=1S/C15H22ClN5O/c1-5-20-9-13(7-18-20)6-17-15(22)10(2)8-21-12(4)14(16)11(3)19-21/h7,9-10H,5-6,8H2,1-4H3,(H,17,22). The van der Waals surface area contributed by atoms with Crippen molar-refractivity contribution in [2.24, 2.45) is 5.92 Å². The lowest BCUT2D eigenvalue weighted by molar-refractivity contribution is -0.125. The number of rotatable bonds is 6. The van der Waals surface area contributed by atoms with E-state index in [1.165, 1.54) is 0 Å². The van der Waals surface area contributed by atoms with Crippen LogP contribution >= 0.6 is 11.6 Å². The van der Waals surface area contributed by atoms with Crippen molar-refractivity contribution >= 4 is 17.5 Å². The van der Waals surface area contributed by atoms with Gasteiger partial charge in [0.05, 0.1) is 35.1 Å². The quantitative estimate of drug-likeness (QED) is 0.887. The maximum atomic E-state index is 12.2. The second-order valence-corrected chi connectivity index (χ2v) is 5.87. The molecular weight excluding hydrogens is 302 g/mol.